The maximum atomic E-state index is 11.8. The minimum absolute atomic E-state index is 0.0151. The van der Waals surface area contributed by atoms with E-state index < -0.39 is 0 Å². The number of carbonyl (C=O) groups excluding carboxylic acids is 1. The predicted octanol–water partition coefficient (Wildman–Crippen LogP) is 3.60. The van der Waals surface area contributed by atoms with Gasteiger partial charge >= 0.3 is 0 Å². The minimum atomic E-state index is -0.179. The van der Waals surface area contributed by atoms with Gasteiger partial charge < -0.3 is 10.1 Å². The average molecular weight is 290 g/mol. The molecule has 1 amide bonds. The maximum Gasteiger partial charge on any atom is 0.258 e. The van der Waals surface area contributed by atoms with Crippen molar-refractivity contribution in [2.24, 2.45) is 0 Å². The summed E-state index contributed by atoms with van der Waals surface area (Å²) < 4.78 is 5.39. The Bertz CT molecular complexity index is 572. The molecule has 0 aliphatic rings. The van der Waals surface area contributed by atoms with E-state index in [1.807, 2.05) is 55.5 Å². The van der Waals surface area contributed by atoms with Crippen LogP contribution in [0.2, 0.25) is 5.02 Å². The zero-order chi connectivity index (χ0) is 14.4. The molecule has 0 heterocycles. The Morgan fingerprint density at radius 2 is 1.80 bits per heavy atom. The third-order valence-corrected chi connectivity index (χ3v) is 3.21. The van der Waals surface area contributed by atoms with Crippen molar-refractivity contribution in [3.63, 3.8) is 0 Å². The molecule has 0 spiro atoms. The molecule has 1 N–H and O–H groups in total. The lowest BCUT2D eigenvalue weighted by Crippen LogP contribution is -2.31. The van der Waals surface area contributed by atoms with Crippen LogP contribution in [-0.4, -0.2) is 12.5 Å². The Balaban J connectivity index is 1.87. The van der Waals surface area contributed by atoms with Crippen molar-refractivity contribution < 1.29 is 9.53 Å². The van der Waals surface area contributed by atoms with Crippen LogP contribution in [0.5, 0.6) is 5.75 Å². The Kier molecular flexibility index (Phi) is 5.02. The van der Waals surface area contributed by atoms with E-state index in [4.69, 9.17) is 16.3 Å². The summed E-state index contributed by atoms with van der Waals surface area (Å²) in [5, 5.41) is 3.50. The van der Waals surface area contributed by atoms with E-state index in [-0.39, 0.29) is 18.6 Å². The van der Waals surface area contributed by atoms with Crippen LogP contribution in [0, 0.1) is 0 Å². The minimum Gasteiger partial charge on any atom is -0.484 e. The second-order valence-corrected chi connectivity index (χ2v) is 4.82. The number of benzene rings is 2. The van der Waals surface area contributed by atoms with Gasteiger partial charge in [-0.1, -0.05) is 48.0 Å². The first kappa shape index (κ1) is 14.4. The largest absolute Gasteiger partial charge is 0.484 e. The van der Waals surface area contributed by atoms with Gasteiger partial charge in [0.2, 0.25) is 0 Å². The van der Waals surface area contributed by atoms with Crippen LogP contribution in [-0.2, 0) is 4.79 Å². The van der Waals surface area contributed by atoms with E-state index in [0.717, 1.165) is 5.56 Å². The Morgan fingerprint density at radius 3 is 2.50 bits per heavy atom. The van der Waals surface area contributed by atoms with Crippen molar-refractivity contribution in [3.8, 4) is 5.75 Å². The maximum absolute atomic E-state index is 11.8. The number of carbonyl (C=O) groups is 1. The zero-order valence-electron chi connectivity index (χ0n) is 11.2. The highest BCUT2D eigenvalue weighted by atomic mass is 35.5. The molecule has 0 saturated heterocycles. The number of ether oxygens (including phenoxy) is 1. The van der Waals surface area contributed by atoms with Crippen molar-refractivity contribution in [2.75, 3.05) is 6.61 Å². The Labute approximate surface area is 123 Å². The lowest BCUT2D eigenvalue weighted by atomic mass is 10.1. The van der Waals surface area contributed by atoms with Crippen LogP contribution >= 0.6 is 11.6 Å². The fourth-order valence-electron chi connectivity index (χ4n) is 1.85. The Hall–Kier alpha value is -2.00. The van der Waals surface area contributed by atoms with Crippen LogP contribution in [0.25, 0.3) is 0 Å². The summed E-state index contributed by atoms with van der Waals surface area (Å²) in [4.78, 5) is 11.8. The SMILES string of the molecule is C[C@H](NC(=O)COc1ccccc1)c1ccccc1Cl. The van der Waals surface area contributed by atoms with Crippen molar-refractivity contribution in [1.82, 2.24) is 5.32 Å². The molecule has 0 aliphatic heterocycles. The normalized spacial score (nSPS) is 11.7. The summed E-state index contributed by atoms with van der Waals surface area (Å²) in [6.07, 6.45) is 0. The highest BCUT2D eigenvalue weighted by molar-refractivity contribution is 6.31. The standard InChI is InChI=1S/C16H16ClNO2/c1-12(14-9-5-6-10-15(14)17)18-16(19)11-20-13-7-3-2-4-8-13/h2-10,12H,11H2,1H3,(H,18,19)/t12-/m0/s1. The van der Waals surface area contributed by atoms with Crippen LogP contribution in [0.15, 0.2) is 54.6 Å². The van der Waals surface area contributed by atoms with Gasteiger partial charge in [0.15, 0.2) is 6.61 Å². The molecule has 104 valence electrons. The second-order valence-electron chi connectivity index (χ2n) is 4.41. The Morgan fingerprint density at radius 1 is 1.15 bits per heavy atom. The molecule has 0 unspecified atom stereocenters. The van der Waals surface area contributed by atoms with Gasteiger partial charge in [-0.05, 0) is 30.7 Å². The van der Waals surface area contributed by atoms with Crippen LogP contribution in [0.3, 0.4) is 0 Å². The first-order valence-electron chi connectivity index (χ1n) is 6.38. The van der Waals surface area contributed by atoms with E-state index in [9.17, 15) is 4.79 Å². The molecular weight excluding hydrogens is 274 g/mol. The lowest BCUT2D eigenvalue weighted by molar-refractivity contribution is -0.123. The molecule has 0 radical (unpaired) electrons. The molecule has 3 nitrogen and oxygen atoms in total. The summed E-state index contributed by atoms with van der Waals surface area (Å²) in [6.45, 7) is 1.88. The molecule has 2 aromatic carbocycles. The van der Waals surface area contributed by atoms with Crippen molar-refractivity contribution in [2.45, 2.75) is 13.0 Å². The number of hydrogen-bond acceptors (Lipinski definition) is 2. The molecule has 20 heavy (non-hydrogen) atoms. The summed E-state index contributed by atoms with van der Waals surface area (Å²) in [7, 11) is 0. The van der Waals surface area contributed by atoms with Gasteiger partial charge in [0.25, 0.3) is 5.91 Å². The number of para-hydroxylation sites is 1. The summed E-state index contributed by atoms with van der Waals surface area (Å²) in [5.74, 6) is 0.495. The van der Waals surface area contributed by atoms with Gasteiger partial charge in [-0.2, -0.15) is 0 Å². The van der Waals surface area contributed by atoms with Crippen molar-refractivity contribution in [1.29, 1.82) is 0 Å². The predicted molar refractivity (Wildman–Crippen MR) is 79.9 cm³/mol. The van der Waals surface area contributed by atoms with E-state index in [0.29, 0.717) is 10.8 Å². The monoisotopic (exact) mass is 289 g/mol. The van der Waals surface area contributed by atoms with Crippen LogP contribution in [0.1, 0.15) is 18.5 Å². The van der Waals surface area contributed by atoms with Gasteiger partial charge in [-0.3, -0.25) is 4.79 Å². The molecular formula is C16H16ClNO2. The highest BCUT2D eigenvalue weighted by Crippen LogP contribution is 2.21. The molecule has 0 fully saturated rings. The first-order valence-corrected chi connectivity index (χ1v) is 6.76. The van der Waals surface area contributed by atoms with Gasteiger partial charge in [0.1, 0.15) is 5.75 Å². The molecule has 0 saturated carbocycles. The van der Waals surface area contributed by atoms with E-state index in [1.54, 1.807) is 6.07 Å². The number of hydrogen-bond donors (Lipinski definition) is 1. The summed E-state index contributed by atoms with van der Waals surface area (Å²) in [5.41, 5.74) is 0.891. The van der Waals surface area contributed by atoms with Gasteiger partial charge in [0, 0.05) is 5.02 Å². The van der Waals surface area contributed by atoms with E-state index in [2.05, 4.69) is 5.32 Å². The second kappa shape index (κ2) is 6.96. The third-order valence-electron chi connectivity index (χ3n) is 2.86. The zero-order valence-corrected chi connectivity index (χ0v) is 11.9. The summed E-state index contributed by atoms with van der Waals surface area (Å²) in [6, 6.07) is 16.5. The van der Waals surface area contributed by atoms with E-state index >= 15 is 0 Å². The van der Waals surface area contributed by atoms with Gasteiger partial charge in [0.05, 0.1) is 6.04 Å². The number of rotatable bonds is 5. The molecule has 1 atom stereocenters. The van der Waals surface area contributed by atoms with Gasteiger partial charge in [-0.15, -0.1) is 0 Å². The highest BCUT2D eigenvalue weighted by Gasteiger charge is 2.12. The fraction of sp³-hybridized carbons (Fsp3) is 0.188. The number of amides is 1. The smallest absolute Gasteiger partial charge is 0.258 e. The average Bonchev–Trinajstić information content (AvgIpc) is 2.46. The van der Waals surface area contributed by atoms with Crippen LogP contribution in [0.4, 0.5) is 0 Å². The molecule has 0 aromatic heterocycles. The van der Waals surface area contributed by atoms with Crippen molar-refractivity contribution in [3.05, 3.63) is 65.2 Å². The number of nitrogens with one attached hydrogen (secondary N) is 1. The topological polar surface area (TPSA) is 38.3 Å². The lowest BCUT2D eigenvalue weighted by Gasteiger charge is -2.16. The quantitative estimate of drug-likeness (QED) is 0.913. The molecule has 2 aromatic rings. The molecule has 4 heteroatoms. The van der Waals surface area contributed by atoms with Gasteiger partial charge in [-0.25, -0.2) is 0 Å². The van der Waals surface area contributed by atoms with E-state index in [1.165, 1.54) is 0 Å². The van der Waals surface area contributed by atoms with Crippen LogP contribution < -0.4 is 10.1 Å². The number of halogens is 1. The third kappa shape index (κ3) is 4.00. The molecule has 2 rings (SSSR count). The fourth-order valence-corrected chi connectivity index (χ4v) is 2.15. The van der Waals surface area contributed by atoms with Crippen molar-refractivity contribution >= 4 is 17.5 Å². The molecule has 0 aliphatic carbocycles. The molecule has 0 bridgehead atoms. The first-order chi connectivity index (χ1) is 9.66. The summed E-state index contributed by atoms with van der Waals surface area (Å²) >= 11 is 6.09.